The van der Waals surface area contributed by atoms with E-state index < -0.39 is 0 Å². The number of hydrogen-bond donors (Lipinski definition) is 1. The highest BCUT2D eigenvalue weighted by molar-refractivity contribution is 6.10. The summed E-state index contributed by atoms with van der Waals surface area (Å²) in [6, 6.07) is 24.9. The molecular formula is C26H21N2O3+. The Morgan fingerprint density at radius 1 is 0.903 bits per heavy atom. The maximum Gasteiger partial charge on any atom is 0.237 e. The van der Waals surface area contributed by atoms with Crippen molar-refractivity contribution in [2.45, 2.75) is 6.54 Å². The minimum atomic E-state index is 0.263. The quantitative estimate of drug-likeness (QED) is 0.422. The van der Waals surface area contributed by atoms with Gasteiger partial charge in [-0.25, -0.2) is 0 Å². The van der Waals surface area contributed by atoms with Gasteiger partial charge in [-0.05, 0) is 36.4 Å². The molecule has 6 rings (SSSR count). The van der Waals surface area contributed by atoms with E-state index >= 15 is 0 Å². The third kappa shape index (κ3) is 2.97. The zero-order chi connectivity index (χ0) is 20.8. The Labute approximate surface area is 179 Å². The van der Waals surface area contributed by atoms with Gasteiger partial charge in [-0.2, -0.15) is 4.57 Å². The summed E-state index contributed by atoms with van der Waals surface area (Å²) in [4.78, 5) is 3.64. The SMILES string of the molecule is COc1ccc2[nH]c3c(-c4ccc5c(c4)OCO5)[n+](Cc4ccccc4)ccc3c2c1. The number of nitrogens with one attached hydrogen (secondary N) is 1. The Morgan fingerprint density at radius 2 is 1.77 bits per heavy atom. The van der Waals surface area contributed by atoms with Crippen LogP contribution in [0.25, 0.3) is 33.1 Å². The molecule has 1 N–H and O–H groups in total. The smallest absolute Gasteiger partial charge is 0.237 e. The number of H-pyrrole nitrogens is 1. The Balaban J connectivity index is 1.62. The van der Waals surface area contributed by atoms with Gasteiger partial charge in [0.2, 0.25) is 12.5 Å². The van der Waals surface area contributed by atoms with E-state index in [0.717, 1.165) is 56.9 Å². The van der Waals surface area contributed by atoms with E-state index in [0.29, 0.717) is 0 Å². The molecule has 5 nitrogen and oxygen atoms in total. The fourth-order valence-electron chi connectivity index (χ4n) is 4.33. The highest BCUT2D eigenvalue weighted by Crippen LogP contribution is 2.38. The van der Waals surface area contributed by atoms with Crippen molar-refractivity contribution in [1.82, 2.24) is 4.98 Å². The molecule has 5 heteroatoms. The standard InChI is InChI=1S/C26H20N2O3/c1-29-19-8-9-22-21(14-19)20-11-12-28(15-17-5-3-2-4-6-17)26(25(20)27-22)18-7-10-23-24(13-18)31-16-30-23/h2-14H,15-16H2,1H3/p+1. The second-order valence-electron chi connectivity index (χ2n) is 7.67. The molecule has 0 aliphatic carbocycles. The van der Waals surface area contributed by atoms with Crippen LogP contribution in [0.5, 0.6) is 17.2 Å². The Hall–Kier alpha value is -3.99. The van der Waals surface area contributed by atoms with E-state index in [4.69, 9.17) is 14.2 Å². The lowest BCUT2D eigenvalue weighted by Gasteiger charge is -2.07. The molecule has 0 spiro atoms. The minimum Gasteiger partial charge on any atom is -0.497 e. The number of fused-ring (bicyclic) bond motifs is 4. The molecule has 0 unspecified atom stereocenters. The van der Waals surface area contributed by atoms with E-state index in [1.807, 2.05) is 18.2 Å². The molecule has 0 amide bonds. The van der Waals surface area contributed by atoms with Gasteiger partial charge in [0.15, 0.2) is 24.2 Å². The number of ether oxygens (including phenoxy) is 3. The third-order valence-electron chi connectivity index (χ3n) is 5.83. The van der Waals surface area contributed by atoms with Gasteiger partial charge in [-0.3, -0.25) is 0 Å². The number of rotatable bonds is 4. The molecule has 0 saturated carbocycles. The van der Waals surface area contributed by atoms with Gasteiger partial charge in [0.25, 0.3) is 0 Å². The summed E-state index contributed by atoms with van der Waals surface area (Å²) in [5, 5.41) is 2.30. The zero-order valence-electron chi connectivity index (χ0n) is 17.1. The lowest BCUT2D eigenvalue weighted by Crippen LogP contribution is -2.36. The number of methoxy groups -OCH3 is 1. The van der Waals surface area contributed by atoms with Crippen LogP contribution in [-0.2, 0) is 6.54 Å². The molecule has 3 aromatic carbocycles. The summed E-state index contributed by atoms with van der Waals surface area (Å²) in [5.41, 5.74) is 5.58. The molecular weight excluding hydrogens is 388 g/mol. The molecule has 1 aliphatic rings. The van der Waals surface area contributed by atoms with Crippen LogP contribution in [0.2, 0.25) is 0 Å². The molecule has 2 aromatic heterocycles. The van der Waals surface area contributed by atoms with Gasteiger partial charge in [0, 0.05) is 27.9 Å². The van der Waals surface area contributed by atoms with Gasteiger partial charge in [0.1, 0.15) is 11.3 Å². The number of benzene rings is 3. The second-order valence-corrected chi connectivity index (χ2v) is 7.67. The van der Waals surface area contributed by atoms with Gasteiger partial charge in [-0.1, -0.05) is 30.3 Å². The highest BCUT2D eigenvalue weighted by atomic mass is 16.7. The third-order valence-corrected chi connectivity index (χ3v) is 5.83. The summed E-state index contributed by atoms with van der Waals surface area (Å²) >= 11 is 0. The average molecular weight is 409 g/mol. The number of aromatic nitrogens is 2. The van der Waals surface area contributed by atoms with Crippen LogP contribution in [0.1, 0.15) is 5.56 Å². The molecule has 152 valence electrons. The number of pyridine rings is 1. The molecule has 31 heavy (non-hydrogen) atoms. The van der Waals surface area contributed by atoms with Crippen LogP contribution in [-0.4, -0.2) is 18.9 Å². The Kier molecular flexibility index (Phi) is 4.06. The fourth-order valence-corrected chi connectivity index (χ4v) is 4.33. The number of hydrogen-bond acceptors (Lipinski definition) is 3. The molecule has 0 saturated heterocycles. The molecule has 3 heterocycles. The lowest BCUT2D eigenvalue weighted by atomic mass is 10.1. The van der Waals surface area contributed by atoms with Crippen molar-refractivity contribution in [3.05, 3.63) is 84.6 Å². The first-order valence-corrected chi connectivity index (χ1v) is 10.3. The van der Waals surface area contributed by atoms with Crippen molar-refractivity contribution in [3.8, 4) is 28.5 Å². The maximum absolute atomic E-state index is 5.66. The van der Waals surface area contributed by atoms with E-state index in [1.54, 1.807) is 7.11 Å². The monoisotopic (exact) mass is 409 g/mol. The molecule has 0 fully saturated rings. The maximum atomic E-state index is 5.66. The van der Waals surface area contributed by atoms with Crippen LogP contribution in [0.4, 0.5) is 0 Å². The Bertz CT molecular complexity index is 1420. The first-order chi connectivity index (χ1) is 15.3. The molecule has 0 atom stereocenters. The largest absolute Gasteiger partial charge is 0.497 e. The Morgan fingerprint density at radius 3 is 2.65 bits per heavy atom. The van der Waals surface area contributed by atoms with Crippen LogP contribution >= 0.6 is 0 Å². The molecule has 1 aliphatic heterocycles. The van der Waals surface area contributed by atoms with E-state index in [1.165, 1.54) is 5.56 Å². The van der Waals surface area contributed by atoms with Gasteiger partial charge in [0.05, 0.1) is 12.7 Å². The van der Waals surface area contributed by atoms with Crippen molar-refractivity contribution in [1.29, 1.82) is 0 Å². The van der Waals surface area contributed by atoms with Crippen LogP contribution in [0, 0.1) is 0 Å². The highest BCUT2D eigenvalue weighted by Gasteiger charge is 2.24. The molecule has 0 bridgehead atoms. The summed E-state index contributed by atoms with van der Waals surface area (Å²) in [6.07, 6.45) is 2.15. The zero-order valence-corrected chi connectivity index (χ0v) is 17.1. The van der Waals surface area contributed by atoms with Crippen molar-refractivity contribution < 1.29 is 18.8 Å². The average Bonchev–Trinajstić information content (AvgIpc) is 3.43. The van der Waals surface area contributed by atoms with E-state index in [9.17, 15) is 0 Å². The summed E-state index contributed by atoms with van der Waals surface area (Å²) in [5.74, 6) is 2.41. The second kappa shape index (κ2) is 7.06. The summed E-state index contributed by atoms with van der Waals surface area (Å²) in [7, 11) is 1.70. The fraction of sp³-hybridized carbons (Fsp3) is 0.115. The van der Waals surface area contributed by atoms with Crippen molar-refractivity contribution in [3.63, 3.8) is 0 Å². The summed E-state index contributed by atoms with van der Waals surface area (Å²) < 4.78 is 18.9. The molecule has 5 aromatic rings. The van der Waals surface area contributed by atoms with Gasteiger partial charge in [-0.15, -0.1) is 0 Å². The van der Waals surface area contributed by atoms with Gasteiger partial charge < -0.3 is 19.2 Å². The van der Waals surface area contributed by atoms with Gasteiger partial charge >= 0.3 is 0 Å². The first kappa shape index (κ1) is 17.8. The normalized spacial score (nSPS) is 12.5. The van der Waals surface area contributed by atoms with E-state index in [-0.39, 0.29) is 6.79 Å². The minimum absolute atomic E-state index is 0.263. The topological polar surface area (TPSA) is 47.4 Å². The molecule has 0 radical (unpaired) electrons. The first-order valence-electron chi connectivity index (χ1n) is 10.3. The number of nitrogens with zero attached hydrogens (tertiary/aromatic N) is 1. The predicted octanol–water partition coefficient (Wildman–Crippen LogP) is 5.06. The number of aromatic amines is 1. The van der Waals surface area contributed by atoms with Crippen molar-refractivity contribution in [2.24, 2.45) is 0 Å². The van der Waals surface area contributed by atoms with E-state index in [2.05, 4.69) is 70.3 Å². The van der Waals surface area contributed by atoms with Crippen LogP contribution in [0.3, 0.4) is 0 Å². The van der Waals surface area contributed by atoms with Crippen molar-refractivity contribution in [2.75, 3.05) is 13.9 Å². The predicted molar refractivity (Wildman–Crippen MR) is 120 cm³/mol. The van der Waals surface area contributed by atoms with Crippen LogP contribution in [0.15, 0.2) is 79.0 Å². The lowest BCUT2D eigenvalue weighted by molar-refractivity contribution is -0.676. The van der Waals surface area contributed by atoms with Crippen LogP contribution < -0.4 is 18.8 Å². The summed E-state index contributed by atoms with van der Waals surface area (Å²) in [6.45, 7) is 1.03. The van der Waals surface area contributed by atoms with Crippen molar-refractivity contribution >= 4 is 21.8 Å².